The lowest BCUT2D eigenvalue weighted by atomic mass is 9.98. The maximum Gasteiger partial charge on any atom is 0.258 e. The Morgan fingerprint density at radius 1 is 1.02 bits per heavy atom. The van der Waals surface area contributed by atoms with Gasteiger partial charge in [-0.3, -0.25) is 14.5 Å². The highest BCUT2D eigenvalue weighted by molar-refractivity contribution is 6.02. The highest BCUT2D eigenvalue weighted by atomic mass is 16.5. The highest BCUT2D eigenvalue weighted by Gasteiger charge is 2.35. The molecule has 0 aliphatic carbocycles. The maximum atomic E-state index is 13.8. The monoisotopic (exact) mass is 585 g/mol. The van der Waals surface area contributed by atoms with Gasteiger partial charge in [-0.15, -0.1) is 0 Å². The SMILES string of the molecule is C[C@H]1CN([C@@H](C)CO)C(=O)c2cccc(NC(=O)C3CCOCC3)c2O[C@H]1CN(C)Cc1ccc(-c2ccccc2)cc1. The van der Waals surface area contributed by atoms with Crippen molar-refractivity contribution in [2.24, 2.45) is 11.8 Å². The molecule has 43 heavy (non-hydrogen) atoms. The van der Waals surface area contributed by atoms with Gasteiger partial charge in [0.05, 0.1) is 23.9 Å². The fourth-order valence-electron chi connectivity index (χ4n) is 5.87. The zero-order chi connectivity index (χ0) is 30.3. The van der Waals surface area contributed by atoms with Gasteiger partial charge >= 0.3 is 0 Å². The van der Waals surface area contributed by atoms with Crippen molar-refractivity contribution in [3.05, 3.63) is 83.9 Å². The molecule has 0 aromatic heterocycles. The summed E-state index contributed by atoms with van der Waals surface area (Å²) in [6.07, 6.45) is 1.06. The molecule has 0 unspecified atom stereocenters. The quantitative estimate of drug-likeness (QED) is 0.365. The van der Waals surface area contributed by atoms with E-state index in [1.54, 1.807) is 23.1 Å². The number of nitrogens with one attached hydrogen (secondary N) is 1. The van der Waals surface area contributed by atoms with E-state index in [0.717, 1.165) is 6.54 Å². The van der Waals surface area contributed by atoms with Gasteiger partial charge in [0.2, 0.25) is 5.91 Å². The van der Waals surface area contributed by atoms with E-state index < -0.39 is 0 Å². The van der Waals surface area contributed by atoms with Crippen LogP contribution in [0.3, 0.4) is 0 Å². The predicted molar refractivity (Wildman–Crippen MR) is 168 cm³/mol. The van der Waals surface area contributed by atoms with Gasteiger partial charge in [-0.05, 0) is 55.6 Å². The summed E-state index contributed by atoms with van der Waals surface area (Å²) < 4.78 is 12.1. The minimum Gasteiger partial charge on any atom is -0.486 e. The van der Waals surface area contributed by atoms with Crippen LogP contribution in [0.2, 0.25) is 0 Å². The average molecular weight is 586 g/mol. The van der Waals surface area contributed by atoms with Gasteiger partial charge in [-0.1, -0.05) is 67.6 Å². The average Bonchev–Trinajstić information content (AvgIpc) is 3.03. The lowest BCUT2D eigenvalue weighted by Gasteiger charge is -2.38. The number of anilines is 1. The molecular weight excluding hydrogens is 542 g/mol. The van der Waals surface area contributed by atoms with Gasteiger partial charge in [0, 0.05) is 44.7 Å². The van der Waals surface area contributed by atoms with Crippen molar-refractivity contribution in [1.82, 2.24) is 9.80 Å². The van der Waals surface area contributed by atoms with E-state index in [1.807, 2.05) is 25.1 Å². The first-order valence-electron chi connectivity index (χ1n) is 15.3. The number of aliphatic hydroxyl groups excluding tert-OH is 1. The molecule has 8 nitrogen and oxygen atoms in total. The molecule has 2 heterocycles. The largest absolute Gasteiger partial charge is 0.486 e. The number of rotatable bonds is 9. The number of nitrogens with zero attached hydrogens (tertiary/aromatic N) is 2. The number of ether oxygens (including phenoxy) is 2. The molecule has 2 aliphatic heterocycles. The summed E-state index contributed by atoms with van der Waals surface area (Å²) in [5.74, 6) is -0.0886. The first kappa shape index (κ1) is 30.7. The van der Waals surface area contributed by atoms with Crippen molar-refractivity contribution in [2.75, 3.05) is 45.3 Å². The molecule has 0 saturated carbocycles. The molecule has 2 amide bonds. The Kier molecular flexibility index (Phi) is 10.1. The van der Waals surface area contributed by atoms with E-state index in [1.165, 1.54) is 16.7 Å². The second-order valence-corrected chi connectivity index (χ2v) is 11.9. The predicted octanol–water partition coefficient (Wildman–Crippen LogP) is 5.07. The Balaban J connectivity index is 1.37. The van der Waals surface area contributed by atoms with Crippen molar-refractivity contribution in [3.8, 4) is 16.9 Å². The minimum atomic E-state index is -0.358. The van der Waals surface area contributed by atoms with Crippen LogP contribution in [0.4, 0.5) is 5.69 Å². The molecule has 1 saturated heterocycles. The first-order valence-corrected chi connectivity index (χ1v) is 15.3. The summed E-state index contributed by atoms with van der Waals surface area (Å²) in [6.45, 7) is 6.70. The van der Waals surface area contributed by atoms with Crippen LogP contribution in [-0.4, -0.2) is 78.8 Å². The number of aliphatic hydroxyl groups is 1. The molecule has 2 aliphatic rings. The molecule has 3 atom stereocenters. The second kappa shape index (κ2) is 14.2. The van der Waals surface area contributed by atoms with Crippen LogP contribution in [0.1, 0.15) is 42.6 Å². The van der Waals surface area contributed by atoms with E-state index in [2.05, 4.69) is 60.6 Å². The Bertz CT molecular complexity index is 1370. The first-order chi connectivity index (χ1) is 20.8. The van der Waals surface area contributed by atoms with Gasteiger partial charge in [-0.2, -0.15) is 0 Å². The Morgan fingerprint density at radius 2 is 1.72 bits per heavy atom. The minimum absolute atomic E-state index is 0.0340. The lowest BCUT2D eigenvalue weighted by molar-refractivity contribution is -0.122. The zero-order valence-corrected chi connectivity index (χ0v) is 25.4. The van der Waals surface area contributed by atoms with Crippen LogP contribution < -0.4 is 10.1 Å². The van der Waals surface area contributed by atoms with Crippen LogP contribution in [0, 0.1) is 11.8 Å². The standard InChI is InChI=1S/C35H43N3O5/c1-24-20-38(25(2)23-39)35(41)30-10-7-11-31(36-34(40)29-16-18-42-19-17-29)33(30)43-32(24)22-37(3)21-26-12-14-28(15-13-26)27-8-5-4-6-9-27/h4-15,24-25,29,32,39H,16-23H2,1-3H3,(H,36,40)/t24-,25-,32-/m0/s1. The van der Waals surface area contributed by atoms with Crippen molar-refractivity contribution < 1.29 is 24.2 Å². The van der Waals surface area contributed by atoms with Gasteiger partial charge in [0.25, 0.3) is 5.91 Å². The topological polar surface area (TPSA) is 91.3 Å². The van der Waals surface area contributed by atoms with Gasteiger partial charge in [-0.25, -0.2) is 0 Å². The number of carbonyl (C=O) groups excluding carboxylic acids is 2. The van der Waals surface area contributed by atoms with Crippen molar-refractivity contribution in [2.45, 2.75) is 45.4 Å². The zero-order valence-electron chi connectivity index (χ0n) is 25.4. The molecule has 1 fully saturated rings. The highest BCUT2D eigenvalue weighted by Crippen LogP contribution is 2.35. The second-order valence-electron chi connectivity index (χ2n) is 11.9. The lowest BCUT2D eigenvalue weighted by Crippen LogP contribution is -2.49. The number of hydrogen-bond donors (Lipinski definition) is 2. The third kappa shape index (κ3) is 7.44. The van der Waals surface area contributed by atoms with Crippen LogP contribution >= 0.6 is 0 Å². The fourth-order valence-corrected chi connectivity index (χ4v) is 5.87. The van der Waals surface area contributed by atoms with Crippen molar-refractivity contribution in [1.29, 1.82) is 0 Å². The molecule has 3 aromatic rings. The fraction of sp³-hybridized carbons (Fsp3) is 0.429. The van der Waals surface area contributed by atoms with E-state index in [0.29, 0.717) is 56.1 Å². The molecule has 0 radical (unpaired) electrons. The van der Waals surface area contributed by atoms with Crippen molar-refractivity contribution >= 4 is 17.5 Å². The summed E-state index contributed by atoms with van der Waals surface area (Å²) in [4.78, 5) is 30.9. The summed E-state index contributed by atoms with van der Waals surface area (Å²) in [5, 5.41) is 13.0. The van der Waals surface area contributed by atoms with Gasteiger partial charge in [0.1, 0.15) is 6.10 Å². The van der Waals surface area contributed by atoms with E-state index in [4.69, 9.17) is 9.47 Å². The number of likely N-dealkylation sites (N-methyl/N-ethyl adjacent to an activating group) is 1. The van der Waals surface area contributed by atoms with Crippen LogP contribution in [0.25, 0.3) is 11.1 Å². The number of carbonyl (C=O) groups is 2. The number of fused-ring (bicyclic) bond motifs is 1. The number of hydrogen-bond acceptors (Lipinski definition) is 6. The molecule has 5 rings (SSSR count). The summed E-state index contributed by atoms with van der Waals surface area (Å²) >= 11 is 0. The van der Waals surface area contributed by atoms with Crippen LogP contribution in [0.15, 0.2) is 72.8 Å². The molecule has 3 aromatic carbocycles. The van der Waals surface area contributed by atoms with E-state index in [9.17, 15) is 14.7 Å². The van der Waals surface area contributed by atoms with E-state index in [-0.39, 0.29) is 42.4 Å². The van der Waals surface area contributed by atoms with E-state index >= 15 is 0 Å². The van der Waals surface area contributed by atoms with Crippen LogP contribution in [0.5, 0.6) is 5.75 Å². The summed E-state index contributed by atoms with van der Waals surface area (Å²) in [7, 11) is 2.07. The number of benzene rings is 3. The normalized spacial score (nSPS) is 20.1. The van der Waals surface area contributed by atoms with Gasteiger partial charge < -0.3 is 24.8 Å². The smallest absolute Gasteiger partial charge is 0.258 e. The molecule has 0 bridgehead atoms. The molecule has 8 heteroatoms. The molecule has 0 spiro atoms. The summed E-state index contributed by atoms with van der Waals surface area (Å²) in [5.41, 5.74) is 4.45. The summed E-state index contributed by atoms with van der Waals surface area (Å²) in [6, 6.07) is 23.9. The number of para-hydroxylation sites is 1. The molecule has 2 N–H and O–H groups in total. The number of amides is 2. The third-order valence-corrected chi connectivity index (χ3v) is 8.55. The van der Waals surface area contributed by atoms with Crippen molar-refractivity contribution in [3.63, 3.8) is 0 Å². The van der Waals surface area contributed by atoms with Crippen LogP contribution in [-0.2, 0) is 16.1 Å². The maximum absolute atomic E-state index is 13.8. The third-order valence-electron chi connectivity index (χ3n) is 8.55. The Morgan fingerprint density at radius 3 is 2.42 bits per heavy atom. The Labute approximate surface area is 254 Å². The Hall–Kier alpha value is -3.72. The molecular formula is C35H43N3O5. The van der Waals surface area contributed by atoms with Gasteiger partial charge in [0.15, 0.2) is 5.75 Å². The molecule has 228 valence electrons.